The molecule has 5 nitrogen and oxygen atoms in total. The Hall–Kier alpha value is -1.40. The number of nitrogens with one attached hydrogen (secondary N) is 1. The van der Waals surface area contributed by atoms with Crippen LogP contribution in [0.3, 0.4) is 0 Å². The number of ether oxygens (including phenoxy) is 1. The monoisotopic (exact) mass is 326 g/mol. The maximum absolute atomic E-state index is 12.2. The average molecular weight is 326 g/mol. The fraction of sp³-hybridized carbons (Fsp3) is 0.625. The summed E-state index contributed by atoms with van der Waals surface area (Å²) in [6.07, 6.45) is 0.579. The lowest BCUT2D eigenvalue weighted by Crippen LogP contribution is -2.46. The SMILES string of the molecule is CCN(CC(=O)NC(CC(C)C)C(=O)OC)Cc1cccs1. The van der Waals surface area contributed by atoms with Crippen molar-refractivity contribution in [2.75, 3.05) is 20.2 Å². The molecule has 1 aromatic rings. The lowest BCUT2D eigenvalue weighted by atomic mass is 10.0. The fourth-order valence-electron chi connectivity index (χ4n) is 2.17. The van der Waals surface area contributed by atoms with E-state index in [9.17, 15) is 9.59 Å². The highest BCUT2D eigenvalue weighted by atomic mass is 32.1. The maximum atomic E-state index is 12.2. The van der Waals surface area contributed by atoms with Crippen LogP contribution in [-0.2, 0) is 20.9 Å². The molecule has 0 saturated carbocycles. The fourth-order valence-corrected chi connectivity index (χ4v) is 2.92. The average Bonchev–Trinajstić information content (AvgIpc) is 2.97. The van der Waals surface area contributed by atoms with E-state index in [4.69, 9.17) is 4.74 Å². The molecule has 1 N–H and O–H groups in total. The minimum absolute atomic E-state index is 0.144. The van der Waals surface area contributed by atoms with E-state index in [0.29, 0.717) is 12.3 Å². The van der Waals surface area contributed by atoms with Crippen LogP contribution in [0.15, 0.2) is 17.5 Å². The van der Waals surface area contributed by atoms with Gasteiger partial charge in [-0.3, -0.25) is 9.69 Å². The Morgan fingerprint density at radius 3 is 2.64 bits per heavy atom. The van der Waals surface area contributed by atoms with Crippen molar-refractivity contribution in [2.45, 2.75) is 39.8 Å². The smallest absolute Gasteiger partial charge is 0.328 e. The highest BCUT2D eigenvalue weighted by Crippen LogP contribution is 2.11. The Labute approximate surface area is 136 Å². The van der Waals surface area contributed by atoms with Crippen LogP contribution in [0.25, 0.3) is 0 Å². The van der Waals surface area contributed by atoms with Gasteiger partial charge in [-0.15, -0.1) is 11.3 Å². The number of esters is 1. The number of rotatable bonds is 9. The summed E-state index contributed by atoms with van der Waals surface area (Å²) in [5, 5.41) is 4.82. The van der Waals surface area contributed by atoms with E-state index in [0.717, 1.165) is 13.1 Å². The Morgan fingerprint density at radius 2 is 2.14 bits per heavy atom. The van der Waals surface area contributed by atoms with Gasteiger partial charge in [-0.1, -0.05) is 26.8 Å². The minimum atomic E-state index is -0.571. The molecule has 1 amide bonds. The lowest BCUT2D eigenvalue weighted by Gasteiger charge is -2.22. The Bertz CT molecular complexity index is 460. The van der Waals surface area contributed by atoms with Gasteiger partial charge in [0.15, 0.2) is 0 Å². The molecule has 0 spiro atoms. The third kappa shape index (κ3) is 6.58. The van der Waals surface area contributed by atoms with E-state index in [-0.39, 0.29) is 18.4 Å². The van der Waals surface area contributed by atoms with Crippen molar-refractivity contribution in [2.24, 2.45) is 5.92 Å². The quantitative estimate of drug-likeness (QED) is 0.707. The molecule has 22 heavy (non-hydrogen) atoms. The third-order valence-electron chi connectivity index (χ3n) is 3.30. The normalized spacial score (nSPS) is 12.5. The van der Waals surface area contributed by atoms with E-state index in [1.807, 2.05) is 37.1 Å². The van der Waals surface area contributed by atoms with Gasteiger partial charge in [0.25, 0.3) is 0 Å². The molecule has 1 unspecified atom stereocenters. The van der Waals surface area contributed by atoms with Crippen LogP contribution in [-0.4, -0.2) is 43.0 Å². The number of hydrogen-bond acceptors (Lipinski definition) is 5. The van der Waals surface area contributed by atoms with Gasteiger partial charge in [-0.2, -0.15) is 0 Å². The first-order valence-corrected chi connectivity index (χ1v) is 8.46. The molecule has 0 fully saturated rings. The summed E-state index contributed by atoms with van der Waals surface area (Å²) in [5.74, 6) is -0.226. The van der Waals surface area contributed by atoms with E-state index in [2.05, 4.69) is 11.4 Å². The van der Waals surface area contributed by atoms with Crippen molar-refractivity contribution in [1.82, 2.24) is 10.2 Å². The summed E-state index contributed by atoms with van der Waals surface area (Å²) in [4.78, 5) is 27.2. The molecule has 0 aliphatic heterocycles. The van der Waals surface area contributed by atoms with Crippen molar-refractivity contribution >= 4 is 23.2 Å². The highest BCUT2D eigenvalue weighted by Gasteiger charge is 2.23. The number of amides is 1. The second-order valence-electron chi connectivity index (χ2n) is 5.66. The van der Waals surface area contributed by atoms with Crippen LogP contribution in [0, 0.1) is 5.92 Å². The molecule has 0 aromatic carbocycles. The van der Waals surface area contributed by atoms with E-state index < -0.39 is 6.04 Å². The zero-order chi connectivity index (χ0) is 16.5. The highest BCUT2D eigenvalue weighted by molar-refractivity contribution is 7.09. The van der Waals surface area contributed by atoms with Gasteiger partial charge in [0.1, 0.15) is 6.04 Å². The first kappa shape index (κ1) is 18.6. The van der Waals surface area contributed by atoms with Gasteiger partial charge in [-0.25, -0.2) is 4.79 Å². The van der Waals surface area contributed by atoms with Gasteiger partial charge < -0.3 is 10.1 Å². The van der Waals surface area contributed by atoms with Crippen LogP contribution in [0.4, 0.5) is 0 Å². The van der Waals surface area contributed by atoms with Crippen LogP contribution in [0.1, 0.15) is 32.1 Å². The van der Waals surface area contributed by atoms with Crippen LogP contribution >= 0.6 is 11.3 Å². The molecule has 6 heteroatoms. The third-order valence-corrected chi connectivity index (χ3v) is 4.16. The number of hydrogen-bond donors (Lipinski definition) is 1. The van der Waals surface area contributed by atoms with Crippen molar-refractivity contribution in [3.8, 4) is 0 Å². The van der Waals surface area contributed by atoms with Crippen molar-refractivity contribution < 1.29 is 14.3 Å². The van der Waals surface area contributed by atoms with Gasteiger partial charge in [0, 0.05) is 11.4 Å². The number of methoxy groups -OCH3 is 1. The summed E-state index contributed by atoms with van der Waals surface area (Å²) in [6, 6.07) is 3.49. The summed E-state index contributed by atoms with van der Waals surface area (Å²) in [6.45, 7) is 7.84. The van der Waals surface area contributed by atoms with Crippen molar-refractivity contribution in [1.29, 1.82) is 0 Å². The largest absolute Gasteiger partial charge is 0.467 e. The molecule has 1 aromatic heterocycles. The van der Waals surface area contributed by atoms with Crippen LogP contribution in [0.5, 0.6) is 0 Å². The molecule has 0 aliphatic rings. The summed E-state index contributed by atoms with van der Waals surface area (Å²) >= 11 is 1.68. The molecular formula is C16H26N2O3S. The number of carbonyl (C=O) groups excluding carboxylic acids is 2. The molecular weight excluding hydrogens is 300 g/mol. The minimum Gasteiger partial charge on any atom is -0.467 e. The zero-order valence-electron chi connectivity index (χ0n) is 13.8. The summed E-state index contributed by atoms with van der Waals surface area (Å²) < 4.78 is 4.77. The van der Waals surface area contributed by atoms with Gasteiger partial charge in [0.2, 0.25) is 5.91 Å². The Balaban J connectivity index is 2.55. The number of nitrogens with zero attached hydrogens (tertiary/aromatic N) is 1. The molecule has 1 heterocycles. The number of thiophene rings is 1. The predicted octanol–water partition coefficient (Wildman–Crippen LogP) is 2.27. The van der Waals surface area contributed by atoms with Crippen molar-refractivity contribution in [3.05, 3.63) is 22.4 Å². The lowest BCUT2D eigenvalue weighted by molar-refractivity contribution is -0.145. The molecule has 1 rings (SSSR count). The zero-order valence-corrected chi connectivity index (χ0v) is 14.6. The Kier molecular flexibility index (Phi) is 8.12. The number of likely N-dealkylation sites (N-methyl/N-ethyl adjacent to an activating group) is 1. The first-order valence-electron chi connectivity index (χ1n) is 7.58. The van der Waals surface area contributed by atoms with Crippen LogP contribution in [0.2, 0.25) is 0 Å². The van der Waals surface area contributed by atoms with Gasteiger partial charge >= 0.3 is 5.97 Å². The summed E-state index contributed by atoms with van der Waals surface area (Å²) in [7, 11) is 1.34. The number of carbonyl (C=O) groups is 2. The van der Waals surface area contributed by atoms with E-state index >= 15 is 0 Å². The van der Waals surface area contributed by atoms with Gasteiger partial charge in [-0.05, 0) is 30.3 Å². The van der Waals surface area contributed by atoms with E-state index in [1.165, 1.54) is 12.0 Å². The standard InChI is InChI=1S/C16H26N2O3S/c1-5-18(10-13-7-6-8-22-13)11-15(19)17-14(9-12(2)3)16(20)21-4/h6-8,12,14H,5,9-11H2,1-4H3,(H,17,19). The molecule has 1 atom stereocenters. The molecule has 0 radical (unpaired) electrons. The maximum Gasteiger partial charge on any atom is 0.328 e. The first-order chi connectivity index (χ1) is 10.5. The molecule has 0 bridgehead atoms. The molecule has 0 aliphatic carbocycles. The Morgan fingerprint density at radius 1 is 1.41 bits per heavy atom. The second kappa shape index (κ2) is 9.58. The van der Waals surface area contributed by atoms with Gasteiger partial charge in [0.05, 0.1) is 13.7 Å². The second-order valence-corrected chi connectivity index (χ2v) is 6.69. The topological polar surface area (TPSA) is 58.6 Å². The van der Waals surface area contributed by atoms with Crippen molar-refractivity contribution in [3.63, 3.8) is 0 Å². The van der Waals surface area contributed by atoms with E-state index in [1.54, 1.807) is 11.3 Å². The van der Waals surface area contributed by atoms with Crippen LogP contribution < -0.4 is 5.32 Å². The predicted molar refractivity (Wildman–Crippen MR) is 88.7 cm³/mol. The molecule has 124 valence electrons. The molecule has 0 saturated heterocycles. The summed E-state index contributed by atoms with van der Waals surface area (Å²) in [5.41, 5.74) is 0.